The quantitative estimate of drug-likeness (QED) is 0.507. The predicted molar refractivity (Wildman–Crippen MR) is 67.3 cm³/mol. The fraction of sp³-hybridized carbons (Fsp3) is 0.250. The summed E-state index contributed by atoms with van der Waals surface area (Å²) < 4.78 is 1.33. The van der Waals surface area contributed by atoms with Crippen LogP contribution in [0.2, 0.25) is 0 Å². The molecule has 60 valence electrons. The number of hydrogen-bond acceptors (Lipinski definition) is 0. The zero-order valence-electron chi connectivity index (χ0n) is 6.61. The minimum atomic E-state index is 1.29. The van der Waals surface area contributed by atoms with Gasteiger partial charge >= 0.3 is 0 Å². The van der Waals surface area contributed by atoms with Crippen molar-refractivity contribution in [1.82, 2.24) is 0 Å². The fourth-order valence-electron chi connectivity index (χ4n) is 0.937. The van der Waals surface area contributed by atoms with Gasteiger partial charge in [-0.3, -0.25) is 0 Å². The van der Waals surface area contributed by atoms with E-state index in [4.69, 9.17) is 0 Å². The van der Waals surface area contributed by atoms with Gasteiger partial charge in [0, 0.05) is 3.57 Å². The lowest BCUT2D eigenvalue weighted by Gasteiger charge is -2.08. The molecule has 0 saturated heterocycles. The molecule has 0 aromatic heterocycles. The van der Waals surface area contributed by atoms with Crippen LogP contribution in [0, 0.1) is 17.4 Å². The number of halogens is 1. The Balaban J connectivity index is 3.46. The average Bonchev–Trinajstić information content (AvgIpc) is 1.97. The van der Waals surface area contributed by atoms with Crippen LogP contribution in [0.25, 0.3) is 0 Å². The number of benzene rings is 1. The molecule has 0 nitrogen and oxygen atoms in total. The lowest BCUT2D eigenvalue weighted by atomic mass is 10.1. The van der Waals surface area contributed by atoms with Crippen LogP contribution in [-0.2, 0) is 0 Å². The summed E-state index contributed by atoms with van der Waals surface area (Å²) in [6.07, 6.45) is 0. The summed E-state index contributed by atoms with van der Waals surface area (Å²) in [7, 11) is 5.55. The van der Waals surface area contributed by atoms with E-state index in [1.165, 1.54) is 25.3 Å². The molecule has 1 aromatic carbocycles. The van der Waals surface area contributed by atoms with Gasteiger partial charge in [0.25, 0.3) is 0 Å². The first-order valence-electron chi connectivity index (χ1n) is 3.34. The molecular formula is C8H11IP2. The maximum atomic E-state index is 2.79. The summed E-state index contributed by atoms with van der Waals surface area (Å²) in [4.78, 5) is 0. The summed E-state index contributed by atoms with van der Waals surface area (Å²) in [6, 6.07) is 2.20. The number of rotatable bonds is 0. The minimum absolute atomic E-state index is 1.29. The molecule has 0 N–H and O–H groups in total. The summed E-state index contributed by atoms with van der Waals surface area (Å²) >= 11 is 2.37. The van der Waals surface area contributed by atoms with Crippen molar-refractivity contribution in [2.75, 3.05) is 0 Å². The van der Waals surface area contributed by atoms with Crippen LogP contribution in [-0.4, -0.2) is 0 Å². The van der Waals surface area contributed by atoms with Gasteiger partial charge in [-0.25, -0.2) is 0 Å². The van der Waals surface area contributed by atoms with Crippen LogP contribution >= 0.6 is 41.1 Å². The fourth-order valence-corrected chi connectivity index (χ4v) is 2.46. The molecule has 0 saturated carbocycles. The van der Waals surface area contributed by atoms with Crippen molar-refractivity contribution in [2.24, 2.45) is 0 Å². The van der Waals surface area contributed by atoms with Gasteiger partial charge in [-0.15, -0.1) is 18.5 Å². The van der Waals surface area contributed by atoms with Crippen LogP contribution in [0.1, 0.15) is 11.1 Å². The molecule has 0 spiro atoms. The highest BCUT2D eigenvalue weighted by atomic mass is 127. The van der Waals surface area contributed by atoms with Crippen LogP contribution in [0.4, 0.5) is 0 Å². The summed E-state index contributed by atoms with van der Waals surface area (Å²) in [5.41, 5.74) is 2.74. The normalized spacial score (nSPS) is 10.3. The topological polar surface area (TPSA) is 0 Å². The molecule has 0 heterocycles. The zero-order valence-corrected chi connectivity index (χ0v) is 11.1. The Bertz CT molecular complexity index is 268. The smallest absolute Gasteiger partial charge is 0.0276 e. The summed E-state index contributed by atoms with van der Waals surface area (Å²) in [5, 5.41) is 2.62. The molecule has 0 radical (unpaired) electrons. The standard InChI is InChI=1S/C8H11IP2/c1-4-3-6(10)7(9)8(11)5(4)2/h3H,10-11H2,1-2H3. The minimum Gasteiger partial charge on any atom is -0.104 e. The third-order valence-corrected chi connectivity index (χ3v) is 5.41. The molecule has 0 aliphatic carbocycles. The van der Waals surface area contributed by atoms with Gasteiger partial charge in [-0.2, -0.15) is 0 Å². The lowest BCUT2D eigenvalue weighted by Crippen LogP contribution is -2.13. The van der Waals surface area contributed by atoms with E-state index in [2.05, 4.69) is 61.0 Å². The second-order valence-electron chi connectivity index (χ2n) is 2.64. The summed E-state index contributed by atoms with van der Waals surface area (Å²) in [6.45, 7) is 4.30. The highest BCUT2D eigenvalue weighted by molar-refractivity contribution is 14.1. The molecule has 2 atom stereocenters. The van der Waals surface area contributed by atoms with E-state index in [1.54, 1.807) is 0 Å². The van der Waals surface area contributed by atoms with Crippen molar-refractivity contribution in [3.8, 4) is 0 Å². The Labute approximate surface area is 86.1 Å². The second-order valence-corrected chi connectivity index (χ2v) is 4.91. The Kier molecular flexibility index (Phi) is 3.31. The van der Waals surface area contributed by atoms with Crippen LogP contribution in [0.15, 0.2) is 6.07 Å². The molecule has 1 aromatic rings. The Morgan fingerprint density at radius 1 is 1.27 bits per heavy atom. The van der Waals surface area contributed by atoms with Gasteiger partial charge in [-0.1, -0.05) is 6.07 Å². The molecule has 2 unspecified atom stereocenters. The molecule has 0 aliphatic heterocycles. The lowest BCUT2D eigenvalue weighted by molar-refractivity contribution is 1.37. The first-order chi connectivity index (χ1) is 5.04. The molecule has 0 amide bonds. The van der Waals surface area contributed by atoms with Crippen molar-refractivity contribution in [3.63, 3.8) is 0 Å². The van der Waals surface area contributed by atoms with Gasteiger partial charge in [0.15, 0.2) is 0 Å². The van der Waals surface area contributed by atoms with Crippen molar-refractivity contribution in [3.05, 3.63) is 20.8 Å². The highest BCUT2D eigenvalue weighted by Crippen LogP contribution is 2.12. The predicted octanol–water partition coefficient (Wildman–Crippen LogP) is 1.91. The van der Waals surface area contributed by atoms with Crippen molar-refractivity contribution in [2.45, 2.75) is 13.8 Å². The largest absolute Gasteiger partial charge is 0.104 e. The molecular weight excluding hydrogens is 285 g/mol. The van der Waals surface area contributed by atoms with E-state index < -0.39 is 0 Å². The highest BCUT2D eigenvalue weighted by Gasteiger charge is 2.04. The first kappa shape index (κ1) is 9.89. The van der Waals surface area contributed by atoms with Gasteiger partial charge in [0.2, 0.25) is 0 Å². The van der Waals surface area contributed by atoms with E-state index in [-0.39, 0.29) is 0 Å². The zero-order chi connectivity index (χ0) is 8.59. The van der Waals surface area contributed by atoms with E-state index >= 15 is 0 Å². The third kappa shape index (κ3) is 1.94. The molecule has 0 aliphatic rings. The SMILES string of the molecule is Cc1cc(P)c(I)c(P)c1C. The summed E-state index contributed by atoms with van der Waals surface area (Å²) in [5.74, 6) is 0. The number of hydrogen-bond donors (Lipinski definition) is 0. The van der Waals surface area contributed by atoms with Gasteiger partial charge < -0.3 is 0 Å². The van der Waals surface area contributed by atoms with Gasteiger partial charge in [0.05, 0.1) is 0 Å². The van der Waals surface area contributed by atoms with Crippen LogP contribution in [0.3, 0.4) is 0 Å². The molecule has 0 fully saturated rings. The average molecular weight is 296 g/mol. The van der Waals surface area contributed by atoms with Gasteiger partial charge in [0.1, 0.15) is 0 Å². The molecule has 11 heavy (non-hydrogen) atoms. The van der Waals surface area contributed by atoms with Crippen molar-refractivity contribution in [1.29, 1.82) is 0 Å². The third-order valence-electron chi connectivity index (χ3n) is 1.86. The Morgan fingerprint density at radius 2 is 1.82 bits per heavy atom. The number of aryl methyl sites for hydroxylation is 1. The Hall–Kier alpha value is 0.810. The molecule has 3 heteroatoms. The Morgan fingerprint density at radius 3 is 2.36 bits per heavy atom. The molecule has 1 rings (SSSR count). The molecule has 0 bridgehead atoms. The second kappa shape index (κ2) is 3.68. The van der Waals surface area contributed by atoms with Gasteiger partial charge in [-0.05, 0) is 58.2 Å². The first-order valence-corrected chi connectivity index (χ1v) is 5.58. The van der Waals surface area contributed by atoms with Crippen molar-refractivity contribution >= 4 is 51.7 Å². The van der Waals surface area contributed by atoms with Crippen molar-refractivity contribution < 1.29 is 0 Å². The van der Waals surface area contributed by atoms with E-state index in [9.17, 15) is 0 Å². The van der Waals surface area contributed by atoms with Crippen LogP contribution < -0.4 is 10.6 Å². The van der Waals surface area contributed by atoms with E-state index in [1.807, 2.05) is 0 Å². The van der Waals surface area contributed by atoms with E-state index in [0.717, 1.165) is 0 Å². The van der Waals surface area contributed by atoms with Crippen LogP contribution in [0.5, 0.6) is 0 Å². The van der Waals surface area contributed by atoms with E-state index in [0.29, 0.717) is 0 Å². The maximum Gasteiger partial charge on any atom is 0.0276 e. The maximum absolute atomic E-state index is 2.79. The monoisotopic (exact) mass is 296 g/mol.